The molecule has 0 saturated heterocycles. The van der Waals surface area contributed by atoms with E-state index in [0.717, 1.165) is 46.3 Å². The molecule has 0 bridgehead atoms. The van der Waals surface area contributed by atoms with Crippen LogP contribution in [0.15, 0.2) is 224 Å². The molecule has 2 heterocycles. The Morgan fingerprint density at radius 3 is 1.68 bits per heavy atom. The topological polar surface area (TPSA) is 17.8 Å². The Kier molecular flexibility index (Phi) is 8.74. The molecule has 0 amide bonds. The molecule has 2 nitrogen and oxygen atoms in total. The van der Waals surface area contributed by atoms with Gasteiger partial charge in [-0.1, -0.05) is 176 Å². The summed E-state index contributed by atoms with van der Waals surface area (Å²) in [4.78, 5) is 5.35. The van der Waals surface area contributed by atoms with Crippen LogP contribution in [-0.2, 0) is 6.42 Å². The van der Waals surface area contributed by atoms with Crippen molar-refractivity contribution < 1.29 is 0 Å². The van der Waals surface area contributed by atoms with Crippen LogP contribution >= 0.6 is 0 Å². The van der Waals surface area contributed by atoms with Crippen molar-refractivity contribution >= 4 is 32.7 Å². The predicted octanol–water partition coefficient (Wildman–Crippen LogP) is 15.7. The fraction of sp³-hybridized carbons (Fsp3) is 0.0500. The van der Waals surface area contributed by atoms with Crippen LogP contribution in [0.1, 0.15) is 29.0 Å². The molecular formula is C60H42N2. The molecule has 0 radical (unpaired) electrons. The predicted molar refractivity (Wildman–Crippen MR) is 260 cm³/mol. The molecule has 0 unspecified atom stereocenters. The Labute approximate surface area is 362 Å². The Morgan fingerprint density at radius 2 is 0.935 bits per heavy atom. The van der Waals surface area contributed by atoms with Crippen LogP contribution in [0.4, 0.5) is 0 Å². The van der Waals surface area contributed by atoms with Crippen LogP contribution in [0.5, 0.6) is 0 Å². The van der Waals surface area contributed by atoms with Crippen molar-refractivity contribution in [3.8, 4) is 61.5 Å². The quantitative estimate of drug-likeness (QED) is 0.150. The summed E-state index contributed by atoms with van der Waals surface area (Å²) in [5.41, 5.74) is 20.8. The van der Waals surface area contributed by atoms with Crippen LogP contribution in [0.3, 0.4) is 0 Å². The largest absolute Gasteiger partial charge is 0.309 e. The van der Waals surface area contributed by atoms with Gasteiger partial charge in [0.05, 0.1) is 22.2 Å². The minimum atomic E-state index is 0.416. The van der Waals surface area contributed by atoms with E-state index in [2.05, 4.69) is 229 Å². The number of hydrogen-bond donors (Lipinski definition) is 0. The van der Waals surface area contributed by atoms with Crippen molar-refractivity contribution in [2.24, 2.45) is 0 Å². The van der Waals surface area contributed by atoms with Gasteiger partial charge in [0.2, 0.25) is 0 Å². The van der Waals surface area contributed by atoms with Crippen LogP contribution in [-0.4, -0.2) is 9.55 Å². The van der Waals surface area contributed by atoms with E-state index in [-0.39, 0.29) is 0 Å². The summed E-state index contributed by atoms with van der Waals surface area (Å²) in [5.74, 6) is 0.416. The van der Waals surface area contributed by atoms with Gasteiger partial charge in [0.1, 0.15) is 0 Å². The number of hydrogen-bond acceptors (Lipinski definition) is 1. The third-order valence-electron chi connectivity index (χ3n) is 13.0. The highest BCUT2D eigenvalue weighted by atomic mass is 15.0. The number of aromatic nitrogens is 2. The third kappa shape index (κ3) is 6.23. The summed E-state index contributed by atoms with van der Waals surface area (Å²) < 4.78 is 2.39. The average molecular weight is 791 g/mol. The van der Waals surface area contributed by atoms with Gasteiger partial charge in [-0.25, -0.2) is 4.98 Å². The first kappa shape index (κ1) is 36.1. The van der Waals surface area contributed by atoms with E-state index < -0.39 is 0 Å². The molecule has 1 aliphatic rings. The van der Waals surface area contributed by atoms with E-state index in [0.29, 0.717) is 5.92 Å². The van der Waals surface area contributed by atoms with Crippen molar-refractivity contribution in [3.63, 3.8) is 0 Å². The molecule has 2 aromatic heterocycles. The number of pyridine rings is 1. The first-order valence-electron chi connectivity index (χ1n) is 21.7. The SMILES string of the molecule is c1ccc(-c2cc(-c3cccc(-c4cccc(CCC5c6ccccc6-c6ccccc65)c4)c3)nc3ccc(-c4cccc(-n5c6ccccc6c6ccccc65)c4)cc23)cc1. The minimum absolute atomic E-state index is 0.416. The number of rotatable bonds is 8. The Balaban J connectivity index is 0.884. The van der Waals surface area contributed by atoms with Crippen LogP contribution < -0.4 is 0 Å². The normalized spacial score (nSPS) is 12.3. The maximum absolute atomic E-state index is 5.35. The number of fused-ring (bicyclic) bond motifs is 7. The molecule has 0 aliphatic heterocycles. The van der Waals surface area contributed by atoms with Crippen molar-refractivity contribution in [3.05, 3.63) is 241 Å². The fourth-order valence-electron chi connectivity index (χ4n) is 10.1. The maximum Gasteiger partial charge on any atom is 0.0716 e. The summed E-state index contributed by atoms with van der Waals surface area (Å²) in [5, 5.41) is 3.66. The van der Waals surface area contributed by atoms with Crippen LogP contribution in [0.2, 0.25) is 0 Å². The lowest BCUT2D eigenvalue weighted by Crippen LogP contribution is -1.99. The lowest BCUT2D eigenvalue weighted by molar-refractivity contribution is 0.730. The molecule has 2 heteroatoms. The van der Waals surface area contributed by atoms with Gasteiger partial charge in [-0.3, -0.25) is 0 Å². The van der Waals surface area contributed by atoms with E-state index in [1.807, 2.05) is 0 Å². The number of para-hydroxylation sites is 2. The molecule has 0 N–H and O–H groups in total. The van der Waals surface area contributed by atoms with Gasteiger partial charge in [0.15, 0.2) is 0 Å². The molecule has 62 heavy (non-hydrogen) atoms. The molecule has 1 aliphatic carbocycles. The van der Waals surface area contributed by atoms with Gasteiger partial charge < -0.3 is 4.57 Å². The maximum atomic E-state index is 5.35. The van der Waals surface area contributed by atoms with Gasteiger partial charge in [-0.05, 0) is 123 Å². The molecular weight excluding hydrogens is 749 g/mol. The second kappa shape index (κ2) is 15.0. The van der Waals surface area contributed by atoms with Crippen LogP contribution in [0, 0.1) is 0 Å². The zero-order chi connectivity index (χ0) is 41.0. The van der Waals surface area contributed by atoms with Gasteiger partial charge in [0.25, 0.3) is 0 Å². The zero-order valence-corrected chi connectivity index (χ0v) is 34.2. The van der Waals surface area contributed by atoms with E-state index >= 15 is 0 Å². The molecule has 0 atom stereocenters. The highest BCUT2D eigenvalue weighted by molar-refractivity contribution is 6.09. The molecule has 0 spiro atoms. The standard InChI is InChI=1S/C60H42N2/c1-2-16-41(17-3-1)55-39-58(46-21-13-19-43(36-46)42-18-12-15-40(35-42)31-33-52-50-25-6-4-23-48(50)49-24-5-7-26-51(49)52)61-57-34-32-45(38-56(55)57)44-20-14-22-47(37-44)62-59-29-10-8-27-53(59)54-28-9-11-30-60(54)62/h1-30,32,34-39,52H,31,33H2. The Bertz CT molecular complexity index is 3380. The van der Waals surface area contributed by atoms with E-state index in [1.54, 1.807) is 0 Å². The Hall–Kier alpha value is -7.81. The summed E-state index contributed by atoms with van der Waals surface area (Å²) in [7, 11) is 0. The highest BCUT2D eigenvalue weighted by Gasteiger charge is 2.27. The molecule has 0 fully saturated rings. The third-order valence-corrected chi connectivity index (χ3v) is 13.0. The summed E-state index contributed by atoms with van der Waals surface area (Å²) in [6.45, 7) is 0. The first-order valence-corrected chi connectivity index (χ1v) is 21.7. The monoisotopic (exact) mass is 790 g/mol. The second-order valence-electron chi connectivity index (χ2n) is 16.6. The minimum Gasteiger partial charge on any atom is -0.309 e. The van der Waals surface area contributed by atoms with Gasteiger partial charge in [0, 0.05) is 33.3 Å². The molecule has 292 valence electrons. The van der Waals surface area contributed by atoms with Crippen LogP contribution in [0.25, 0.3) is 94.2 Å². The fourth-order valence-corrected chi connectivity index (χ4v) is 10.1. The van der Waals surface area contributed by atoms with Gasteiger partial charge in [-0.2, -0.15) is 0 Å². The van der Waals surface area contributed by atoms with Gasteiger partial charge in [-0.15, -0.1) is 0 Å². The van der Waals surface area contributed by atoms with Crippen molar-refractivity contribution in [1.82, 2.24) is 9.55 Å². The van der Waals surface area contributed by atoms with Crippen molar-refractivity contribution in [2.45, 2.75) is 18.8 Å². The summed E-state index contributed by atoms with van der Waals surface area (Å²) >= 11 is 0. The first-order chi connectivity index (χ1) is 30.7. The van der Waals surface area contributed by atoms with E-state index in [4.69, 9.17) is 4.98 Å². The molecule has 12 rings (SSSR count). The van der Waals surface area contributed by atoms with Crippen molar-refractivity contribution in [2.75, 3.05) is 0 Å². The molecule has 9 aromatic carbocycles. The smallest absolute Gasteiger partial charge is 0.0716 e. The lowest BCUT2D eigenvalue weighted by atomic mass is 9.90. The number of nitrogens with zero attached hydrogens (tertiary/aromatic N) is 2. The highest BCUT2D eigenvalue weighted by Crippen LogP contribution is 2.47. The second-order valence-corrected chi connectivity index (χ2v) is 16.6. The molecule has 0 saturated carbocycles. The van der Waals surface area contributed by atoms with Crippen molar-refractivity contribution in [1.29, 1.82) is 0 Å². The zero-order valence-electron chi connectivity index (χ0n) is 34.2. The molecule has 11 aromatic rings. The van der Waals surface area contributed by atoms with E-state index in [9.17, 15) is 0 Å². The van der Waals surface area contributed by atoms with E-state index in [1.165, 1.54) is 77.4 Å². The lowest BCUT2D eigenvalue weighted by Gasteiger charge is -2.15. The average Bonchev–Trinajstić information content (AvgIpc) is 3.86. The Morgan fingerprint density at radius 1 is 0.371 bits per heavy atom. The van der Waals surface area contributed by atoms with Gasteiger partial charge >= 0.3 is 0 Å². The summed E-state index contributed by atoms with van der Waals surface area (Å²) in [6, 6.07) is 82.0. The number of aryl methyl sites for hydroxylation is 1. The summed E-state index contributed by atoms with van der Waals surface area (Å²) in [6.07, 6.45) is 2.09. The number of benzene rings is 9.